The lowest BCUT2D eigenvalue weighted by atomic mass is 10.3. The van der Waals surface area contributed by atoms with E-state index >= 15 is 0 Å². The molecule has 21 heavy (non-hydrogen) atoms. The van der Waals surface area contributed by atoms with Gasteiger partial charge in [-0.1, -0.05) is 11.6 Å². The van der Waals surface area contributed by atoms with Gasteiger partial charge in [0.2, 0.25) is 0 Å². The van der Waals surface area contributed by atoms with Gasteiger partial charge in [-0.05, 0) is 26.0 Å². The molecule has 2 rings (SSSR count). The fraction of sp³-hybridized carbons (Fsp3) is 0.385. The van der Waals surface area contributed by atoms with E-state index in [1.165, 1.54) is 11.3 Å². The summed E-state index contributed by atoms with van der Waals surface area (Å²) in [5.41, 5.74) is 2.54. The number of nitrogens with one attached hydrogen (secondary N) is 2. The minimum absolute atomic E-state index is 0.0861. The van der Waals surface area contributed by atoms with Gasteiger partial charge in [0.1, 0.15) is 18.2 Å². The maximum atomic E-state index is 5.96. The molecular weight excluding hydrogens is 310 g/mol. The van der Waals surface area contributed by atoms with E-state index in [4.69, 9.17) is 22.2 Å². The van der Waals surface area contributed by atoms with Crippen molar-refractivity contribution in [2.75, 3.05) is 17.3 Å². The molecule has 0 radical (unpaired) electrons. The summed E-state index contributed by atoms with van der Waals surface area (Å²) in [6.45, 7) is 4.92. The molecule has 0 amide bonds. The minimum atomic E-state index is 0.0861. The first-order chi connectivity index (χ1) is 10.1. The number of nitrogens with zero attached hydrogens (tertiary/aromatic N) is 2. The van der Waals surface area contributed by atoms with Crippen LogP contribution in [0.3, 0.4) is 0 Å². The molecule has 0 fully saturated rings. The van der Waals surface area contributed by atoms with Crippen LogP contribution in [-0.4, -0.2) is 16.6 Å². The highest BCUT2D eigenvalue weighted by Gasteiger charge is 2.11. The molecule has 6 nitrogen and oxygen atoms in total. The standard InChI is InChI=1S/C13H18ClN5OS/c1-3-20-7-13-17-11(6-12(18-13)19-15)16-8(2)9-4-5-10(14)21-9/h4-6,8H,3,7,15H2,1-2H3,(H2,16,17,18,19). The van der Waals surface area contributed by atoms with Crippen LogP contribution >= 0.6 is 22.9 Å². The van der Waals surface area contributed by atoms with Gasteiger partial charge in [-0.15, -0.1) is 11.3 Å². The molecule has 0 aliphatic heterocycles. The van der Waals surface area contributed by atoms with Crippen molar-refractivity contribution in [2.24, 2.45) is 5.84 Å². The molecule has 2 aromatic heterocycles. The van der Waals surface area contributed by atoms with Crippen molar-refractivity contribution in [2.45, 2.75) is 26.5 Å². The fourth-order valence-corrected chi connectivity index (χ4v) is 2.82. The van der Waals surface area contributed by atoms with E-state index < -0.39 is 0 Å². The number of halogens is 1. The Morgan fingerprint density at radius 3 is 2.76 bits per heavy atom. The van der Waals surface area contributed by atoms with Crippen LogP contribution < -0.4 is 16.6 Å². The number of hydrazine groups is 1. The maximum absolute atomic E-state index is 5.96. The number of nitrogens with two attached hydrogens (primary N) is 1. The van der Waals surface area contributed by atoms with Crippen molar-refractivity contribution in [1.29, 1.82) is 0 Å². The number of hydrogen-bond acceptors (Lipinski definition) is 7. The summed E-state index contributed by atoms with van der Waals surface area (Å²) in [6.07, 6.45) is 0. The van der Waals surface area contributed by atoms with Crippen molar-refractivity contribution < 1.29 is 4.74 Å². The quantitative estimate of drug-likeness (QED) is 0.535. The molecule has 4 N–H and O–H groups in total. The number of rotatable bonds is 7. The lowest BCUT2D eigenvalue weighted by molar-refractivity contribution is 0.128. The van der Waals surface area contributed by atoms with Gasteiger partial charge in [0.25, 0.3) is 0 Å². The van der Waals surface area contributed by atoms with Crippen molar-refractivity contribution in [3.63, 3.8) is 0 Å². The van der Waals surface area contributed by atoms with Gasteiger partial charge < -0.3 is 15.5 Å². The van der Waals surface area contributed by atoms with E-state index in [-0.39, 0.29) is 6.04 Å². The maximum Gasteiger partial charge on any atom is 0.158 e. The molecule has 1 atom stereocenters. The van der Waals surface area contributed by atoms with Crippen LogP contribution in [0, 0.1) is 0 Å². The zero-order valence-electron chi connectivity index (χ0n) is 11.9. The van der Waals surface area contributed by atoms with E-state index in [1.54, 1.807) is 6.07 Å². The number of anilines is 2. The summed E-state index contributed by atoms with van der Waals surface area (Å²) < 4.78 is 6.10. The van der Waals surface area contributed by atoms with Crippen molar-refractivity contribution in [1.82, 2.24) is 9.97 Å². The second-order valence-corrected chi connectivity index (χ2v) is 6.09. The summed E-state index contributed by atoms with van der Waals surface area (Å²) in [5.74, 6) is 7.24. The molecule has 2 aromatic rings. The lowest BCUT2D eigenvalue weighted by Crippen LogP contribution is -2.14. The number of hydrogen-bond donors (Lipinski definition) is 3. The first kappa shape index (κ1) is 16.0. The van der Waals surface area contributed by atoms with Crippen LogP contribution in [0.1, 0.15) is 30.6 Å². The number of aromatic nitrogens is 2. The number of nitrogen functional groups attached to an aromatic ring is 1. The predicted octanol–water partition coefficient (Wildman–Crippen LogP) is 3.19. The third-order valence-electron chi connectivity index (χ3n) is 2.74. The summed E-state index contributed by atoms with van der Waals surface area (Å²) in [5, 5.41) is 3.31. The van der Waals surface area contributed by atoms with Crippen molar-refractivity contribution in [3.05, 3.63) is 33.2 Å². The Kier molecular flexibility index (Phi) is 5.75. The molecule has 2 heterocycles. The zero-order valence-corrected chi connectivity index (χ0v) is 13.5. The molecule has 0 aliphatic carbocycles. The molecule has 0 saturated heterocycles. The average Bonchev–Trinajstić information content (AvgIpc) is 2.91. The highest BCUT2D eigenvalue weighted by Crippen LogP contribution is 2.28. The molecule has 1 unspecified atom stereocenters. The monoisotopic (exact) mass is 327 g/mol. The number of ether oxygens (including phenoxy) is 1. The van der Waals surface area contributed by atoms with Gasteiger partial charge in [-0.25, -0.2) is 15.8 Å². The van der Waals surface area contributed by atoms with Gasteiger partial charge in [0.05, 0.1) is 10.4 Å². The van der Waals surface area contributed by atoms with Gasteiger partial charge in [-0.3, -0.25) is 0 Å². The molecular formula is C13H18ClN5OS. The van der Waals surface area contributed by atoms with E-state index in [2.05, 4.69) is 20.7 Å². The Balaban J connectivity index is 2.14. The highest BCUT2D eigenvalue weighted by molar-refractivity contribution is 7.16. The first-order valence-corrected chi connectivity index (χ1v) is 7.76. The van der Waals surface area contributed by atoms with Crippen LogP contribution in [0.15, 0.2) is 18.2 Å². The topological polar surface area (TPSA) is 85.1 Å². The summed E-state index contributed by atoms with van der Waals surface area (Å²) in [4.78, 5) is 9.79. The molecule has 0 aliphatic rings. The Bertz CT molecular complexity index is 592. The molecule has 0 bridgehead atoms. The second kappa shape index (κ2) is 7.56. The lowest BCUT2D eigenvalue weighted by Gasteiger charge is -2.14. The van der Waals surface area contributed by atoms with Crippen LogP contribution in [0.5, 0.6) is 0 Å². The van der Waals surface area contributed by atoms with E-state index in [1.807, 2.05) is 26.0 Å². The Morgan fingerprint density at radius 2 is 2.14 bits per heavy atom. The van der Waals surface area contributed by atoms with Crippen LogP contribution in [0.4, 0.5) is 11.6 Å². The van der Waals surface area contributed by atoms with Crippen LogP contribution in [-0.2, 0) is 11.3 Å². The molecule has 8 heteroatoms. The summed E-state index contributed by atoms with van der Waals surface area (Å²) >= 11 is 7.50. The predicted molar refractivity (Wildman–Crippen MR) is 86.5 cm³/mol. The van der Waals surface area contributed by atoms with Gasteiger partial charge in [0, 0.05) is 17.6 Å². The molecule has 0 aromatic carbocycles. The van der Waals surface area contributed by atoms with Crippen molar-refractivity contribution in [3.8, 4) is 0 Å². The summed E-state index contributed by atoms with van der Waals surface area (Å²) in [7, 11) is 0. The third kappa shape index (κ3) is 4.53. The largest absolute Gasteiger partial charge is 0.374 e. The first-order valence-electron chi connectivity index (χ1n) is 6.56. The SMILES string of the molecule is CCOCc1nc(NN)cc(NC(C)c2ccc(Cl)s2)n1. The van der Waals surface area contributed by atoms with Gasteiger partial charge in [0.15, 0.2) is 5.82 Å². The smallest absolute Gasteiger partial charge is 0.158 e. The van der Waals surface area contributed by atoms with E-state index in [9.17, 15) is 0 Å². The third-order valence-corrected chi connectivity index (χ3v) is 4.15. The van der Waals surface area contributed by atoms with E-state index in [0.29, 0.717) is 30.7 Å². The summed E-state index contributed by atoms with van der Waals surface area (Å²) in [6, 6.07) is 5.71. The highest BCUT2D eigenvalue weighted by atomic mass is 35.5. The Labute approximate surface area is 132 Å². The van der Waals surface area contributed by atoms with E-state index in [0.717, 1.165) is 9.21 Å². The van der Waals surface area contributed by atoms with Gasteiger partial charge in [-0.2, -0.15) is 0 Å². The Morgan fingerprint density at radius 1 is 1.38 bits per heavy atom. The van der Waals surface area contributed by atoms with Crippen LogP contribution in [0.25, 0.3) is 0 Å². The minimum Gasteiger partial charge on any atom is -0.374 e. The zero-order chi connectivity index (χ0) is 15.2. The fourth-order valence-electron chi connectivity index (χ4n) is 1.76. The molecule has 114 valence electrons. The van der Waals surface area contributed by atoms with Crippen molar-refractivity contribution >= 4 is 34.6 Å². The Hall–Kier alpha value is -1.41. The second-order valence-electron chi connectivity index (χ2n) is 4.34. The molecule has 0 saturated carbocycles. The normalized spacial score (nSPS) is 12.2. The average molecular weight is 328 g/mol. The number of thiophene rings is 1. The molecule has 0 spiro atoms. The van der Waals surface area contributed by atoms with Crippen LogP contribution in [0.2, 0.25) is 4.34 Å². The van der Waals surface area contributed by atoms with Gasteiger partial charge >= 0.3 is 0 Å².